The van der Waals surface area contributed by atoms with E-state index in [1.807, 2.05) is 12.1 Å². The number of thiophene rings is 1. The van der Waals surface area contributed by atoms with Crippen molar-refractivity contribution in [2.45, 2.75) is 13.3 Å². The number of carbonyl (C=O) groups is 1. The predicted molar refractivity (Wildman–Crippen MR) is 81.2 cm³/mol. The van der Waals surface area contributed by atoms with Crippen LogP contribution in [-0.2, 0) is 6.42 Å². The number of aryl methyl sites for hydroxylation is 1. The van der Waals surface area contributed by atoms with Gasteiger partial charge in [-0.15, -0.1) is 11.3 Å². The number of carbonyl (C=O) groups excluding carboxylic acids is 1. The number of anilines is 1. The van der Waals surface area contributed by atoms with Gasteiger partial charge in [0.25, 0.3) is 5.91 Å². The first-order chi connectivity index (χ1) is 9.67. The summed E-state index contributed by atoms with van der Waals surface area (Å²) in [6, 6.07) is 9.12. The van der Waals surface area contributed by atoms with Gasteiger partial charge < -0.3 is 14.8 Å². The highest BCUT2D eigenvalue weighted by atomic mass is 32.1. The lowest BCUT2D eigenvalue weighted by Gasteiger charge is -2.10. The Morgan fingerprint density at radius 1 is 1.15 bits per heavy atom. The van der Waals surface area contributed by atoms with Crippen molar-refractivity contribution in [1.29, 1.82) is 0 Å². The van der Waals surface area contributed by atoms with Crippen LogP contribution in [0, 0.1) is 0 Å². The van der Waals surface area contributed by atoms with Crippen LogP contribution >= 0.6 is 11.3 Å². The van der Waals surface area contributed by atoms with Crippen LogP contribution in [0.3, 0.4) is 0 Å². The first-order valence-electron chi connectivity index (χ1n) is 6.30. The molecule has 20 heavy (non-hydrogen) atoms. The summed E-state index contributed by atoms with van der Waals surface area (Å²) in [4.78, 5) is 14.0. The molecule has 0 bridgehead atoms. The molecule has 0 aliphatic heterocycles. The molecule has 106 valence electrons. The number of hydrogen-bond donors (Lipinski definition) is 1. The van der Waals surface area contributed by atoms with Crippen molar-refractivity contribution in [2.75, 3.05) is 19.5 Å². The first kappa shape index (κ1) is 14.4. The Morgan fingerprint density at radius 2 is 1.90 bits per heavy atom. The lowest BCUT2D eigenvalue weighted by atomic mass is 10.2. The average molecular weight is 291 g/mol. The number of rotatable bonds is 5. The van der Waals surface area contributed by atoms with E-state index in [2.05, 4.69) is 12.2 Å². The monoisotopic (exact) mass is 291 g/mol. The molecule has 0 aliphatic carbocycles. The normalized spacial score (nSPS) is 10.2. The van der Waals surface area contributed by atoms with Crippen LogP contribution < -0.4 is 14.8 Å². The molecule has 0 unspecified atom stereocenters. The second kappa shape index (κ2) is 6.43. The highest BCUT2D eigenvalue weighted by Crippen LogP contribution is 2.30. The summed E-state index contributed by atoms with van der Waals surface area (Å²) in [7, 11) is 3.14. The number of benzene rings is 1. The van der Waals surface area contributed by atoms with Crippen molar-refractivity contribution >= 4 is 22.9 Å². The summed E-state index contributed by atoms with van der Waals surface area (Å²) >= 11 is 1.51. The van der Waals surface area contributed by atoms with Crippen molar-refractivity contribution in [1.82, 2.24) is 0 Å². The number of ether oxygens (including phenoxy) is 2. The molecular formula is C15H17NO3S. The Balaban J connectivity index is 2.15. The maximum absolute atomic E-state index is 12.1. The van der Waals surface area contributed by atoms with Gasteiger partial charge in [0.05, 0.1) is 19.1 Å². The molecule has 0 saturated heterocycles. The van der Waals surface area contributed by atoms with Crippen LogP contribution in [-0.4, -0.2) is 20.1 Å². The smallest absolute Gasteiger partial charge is 0.265 e. The zero-order chi connectivity index (χ0) is 14.5. The molecule has 0 spiro atoms. The lowest BCUT2D eigenvalue weighted by Crippen LogP contribution is -2.10. The molecule has 1 aromatic carbocycles. The highest BCUT2D eigenvalue weighted by molar-refractivity contribution is 7.14. The Bertz CT molecular complexity index is 607. The third-order valence-corrected chi connectivity index (χ3v) is 4.10. The van der Waals surface area contributed by atoms with E-state index in [1.54, 1.807) is 32.4 Å². The number of hydrogen-bond acceptors (Lipinski definition) is 4. The van der Waals surface area contributed by atoms with Gasteiger partial charge in [0.1, 0.15) is 0 Å². The zero-order valence-electron chi connectivity index (χ0n) is 11.7. The van der Waals surface area contributed by atoms with Gasteiger partial charge in [0.2, 0.25) is 0 Å². The van der Waals surface area contributed by atoms with Crippen molar-refractivity contribution in [2.24, 2.45) is 0 Å². The fourth-order valence-corrected chi connectivity index (χ4v) is 2.64. The van der Waals surface area contributed by atoms with Crippen molar-refractivity contribution < 1.29 is 14.3 Å². The minimum atomic E-state index is -0.109. The van der Waals surface area contributed by atoms with E-state index in [9.17, 15) is 4.79 Å². The van der Waals surface area contributed by atoms with Gasteiger partial charge in [-0.05, 0) is 30.7 Å². The van der Waals surface area contributed by atoms with E-state index in [1.165, 1.54) is 16.2 Å². The molecule has 2 aromatic rings. The fourth-order valence-electron chi connectivity index (χ4n) is 1.80. The Hall–Kier alpha value is -2.01. The largest absolute Gasteiger partial charge is 0.493 e. The zero-order valence-corrected chi connectivity index (χ0v) is 12.5. The Morgan fingerprint density at radius 3 is 2.50 bits per heavy atom. The predicted octanol–water partition coefficient (Wildman–Crippen LogP) is 3.58. The van der Waals surface area contributed by atoms with Crippen LogP contribution in [0.1, 0.15) is 21.5 Å². The molecular weight excluding hydrogens is 274 g/mol. The molecule has 0 atom stereocenters. The van der Waals surface area contributed by atoms with Gasteiger partial charge in [-0.3, -0.25) is 4.79 Å². The molecule has 0 aliphatic rings. The third-order valence-electron chi connectivity index (χ3n) is 2.88. The fraction of sp³-hybridized carbons (Fsp3) is 0.267. The van der Waals surface area contributed by atoms with Crippen LogP contribution in [0.15, 0.2) is 30.3 Å². The summed E-state index contributed by atoms with van der Waals surface area (Å²) in [6.45, 7) is 2.07. The SMILES string of the molecule is CCc1ccc(C(=O)Nc2ccc(OC)c(OC)c2)s1. The maximum atomic E-state index is 12.1. The van der Waals surface area contributed by atoms with E-state index >= 15 is 0 Å². The molecule has 1 aromatic heterocycles. The van der Waals surface area contributed by atoms with Crippen molar-refractivity contribution in [3.63, 3.8) is 0 Å². The van der Waals surface area contributed by atoms with Crippen LogP contribution in [0.25, 0.3) is 0 Å². The van der Waals surface area contributed by atoms with Crippen molar-refractivity contribution in [3.8, 4) is 11.5 Å². The average Bonchev–Trinajstić information content (AvgIpc) is 2.96. The second-order valence-electron chi connectivity index (χ2n) is 4.14. The van der Waals surface area contributed by atoms with E-state index < -0.39 is 0 Å². The molecule has 0 radical (unpaired) electrons. The lowest BCUT2D eigenvalue weighted by molar-refractivity contribution is 0.103. The summed E-state index contributed by atoms with van der Waals surface area (Å²) in [5.74, 6) is 1.11. The quantitative estimate of drug-likeness (QED) is 0.916. The summed E-state index contributed by atoms with van der Waals surface area (Å²) in [5.41, 5.74) is 0.680. The van der Waals surface area contributed by atoms with Gasteiger partial charge in [-0.1, -0.05) is 6.92 Å². The van der Waals surface area contributed by atoms with Crippen molar-refractivity contribution in [3.05, 3.63) is 40.1 Å². The number of methoxy groups -OCH3 is 2. The third kappa shape index (κ3) is 3.11. The molecule has 4 nitrogen and oxygen atoms in total. The molecule has 1 amide bonds. The van der Waals surface area contributed by atoms with Crippen LogP contribution in [0.2, 0.25) is 0 Å². The first-order valence-corrected chi connectivity index (χ1v) is 7.11. The standard InChI is InChI=1S/C15H17NO3S/c1-4-11-6-8-14(20-11)15(17)16-10-5-7-12(18-2)13(9-10)19-3/h5-9H,4H2,1-3H3,(H,16,17). The molecule has 0 saturated carbocycles. The Kier molecular flexibility index (Phi) is 4.63. The maximum Gasteiger partial charge on any atom is 0.265 e. The summed E-state index contributed by atoms with van der Waals surface area (Å²) in [5, 5.41) is 2.86. The van der Waals surface area contributed by atoms with Gasteiger partial charge in [-0.2, -0.15) is 0 Å². The van der Waals surface area contributed by atoms with Crippen LogP contribution in [0.4, 0.5) is 5.69 Å². The van der Waals surface area contributed by atoms with Crippen LogP contribution in [0.5, 0.6) is 11.5 Å². The van der Waals surface area contributed by atoms with E-state index in [-0.39, 0.29) is 5.91 Å². The van der Waals surface area contributed by atoms with Gasteiger partial charge in [0.15, 0.2) is 11.5 Å². The second-order valence-corrected chi connectivity index (χ2v) is 5.31. The van der Waals surface area contributed by atoms with E-state index in [4.69, 9.17) is 9.47 Å². The van der Waals surface area contributed by atoms with Gasteiger partial charge >= 0.3 is 0 Å². The Labute approximate surface area is 122 Å². The number of nitrogens with one attached hydrogen (secondary N) is 1. The highest BCUT2D eigenvalue weighted by Gasteiger charge is 2.11. The van der Waals surface area contributed by atoms with E-state index in [0.29, 0.717) is 22.1 Å². The van der Waals surface area contributed by atoms with E-state index in [0.717, 1.165) is 6.42 Å². The minimum absolute atomic E-state index is 0.109. The minimum Gasteiger partial charge on any atom is -0.493 e. The molecule has 0 fully saturated rings. The molecule has 1 N–H and O–H groups in total. The summed E-state index contributed by atoms with van der Waals surface area (Å²) in [6.07, 6.45) is 0.939. The topological polar surface area (TPSA) is 47.6 Å². The molecule has 1 heterocycles. The van der Waals surface area contributed by atoms with Gasteiger partial charge in [-0.25, -0.2) is 0 Å². The molecule has 2 rings (SSSR count). The summed E-state index contributed by atoms with van der Waals surface area (Å²) < 4.78 is 10.4. The number of amides is 1. The van der Waals surface area contributed by atoms with Gasteiger partial charge in [0, 0.05) is 16.6 Å². The molecule has 5 heteroatoms.